The van der Waals surface area contributed by atoms with Crippen LogP contribution in [0.25, 0.3) is 5.69 Å². The molecule has 2 rings (SSSR count). The first-order valence-electron chi connectivity index (χ1n) is 5.05. The van der Waals surface area contributed by atoms with Gasteiger partial charge in [-0.05, 0) is 12.0 Å². The fourth-order valence-electron chi connectivity index (χ4n) is 1.55. The van der Waals surface area contributed by atoms with Gasteiger partial charge in [0.1, 0.15) is 5.82 Å². The Morgan fingerprint density at radius 3 is 2.75 bits per heavy atom. The van der Waals surface area contributed by atoms with Crippen molar-refractivity contribution in [2.45, 2.75) is 19.8 Å². The smallest absolute Gasteiger partial charge is 0.214 e. The maximum Gasteiger partial charge on any atom is 0.214 e. The van der Waals surface area contributed by atoms with E-state index in [0.717, 1.165) is 5.56 Å². The molecule has 0 saturated heterocycles. The Bertz CT molecular complexity index is 504. The molecule has 2 heterocycles. The Kier molecular flexibility index (Phi) is 2.60. The van der Waals surface area contributed by atoms with Gasteiger partial charge in [-0.2, -0.15) is 9.49 Å². The number of nitrogen functional groups attached to an aromatic ring is 1. The van der Waals surface area contributed by atoms with Gasteiger partial charge < -0.3 is 5.73 Å². The Balaban J connectivity index is 2.49. The van der Waals surface area contributed by atoms with E-state index in [9.17, 15) is 4.39 Å². The van der Waals surface area contributed by atoms with E-state index in [1.807, 2.05) is 13.8 Å². The zero-order valence-electron chi connectivity index (χ0n) is 9.18. The fourth-order valence-corrected chi connectivity index (χ4v) is 1.55. The zero-order valence-corrected chi connectivity index (χ0v) is 9.18. The second-order valence-corrected chi connectivity index (χ2v) is 3.89. The minimum Gasteiger partial charge on any atom is -0.383 e. The van der Waals surface area contributed by atoms with Gasteiger partial charge in [0.15, 0.2) is 0 Å². The van der Waals surface area contributed by atoms with Gasteiger partial charge in [-0.1, -0.05) is 13.8 Å². The minimum absolute atomic E-state index is 0.292. The van der Waals surface area contributed by atoms with E-state index in [2.05, 4.69) is 10.1 Å². The summed E-state index contributed by atoms with van der Waals surface area (Å²) in [5.74, 6) is 0.291. The van der Waals surface area contributed by atoms with Gasteiger partial charge in [-0.25, -0.2) is 9.67 Å². The highest BCUT2D eigenvalue weighted by atomic mass is 19.1. The van der Waals surface area contributed by atoms with Crippen LogP contribution in [0.1, 0.15) is 25.3 Å². The molecule has 2 N–H and O–H groups in total. The van der Waals surface area contributed by atoms with Crippen molar-refractivity contribution in [3.63, 3.8) is 0 Å². The van der Waals surface area contributed by atoms with E-state index in [-0.39, 0.29) is 0 Å². The molecule has 4 nitrogen and oxygen atoms in total. The lowest BCUT2D eigenvalue weighted by molar-refractivity contribution is 0.581. The molecule has 0 bridgehead atoms. The van der Waals surface area contributed by atoms with Crippen LogP contribution >= 0.6 is 0 Å². The molecule has 0 unspecified atom stereocenters. The number of anilines is 1. The maximum atomic E-state index is 13.0. The minimum atomic E-state index is -0.543. The van der Waals surface area contributed by atoms with Crippen molar-refractivity contribution in [2.24, 2.45) is 0 Å². The Hall–Kier alpha value is -1.91. The monoisotopic (exact) mass is 220 g/mol. The number of aromatic nitrogens is 3. The molecule has 0 aliphatic heterocycles. The number of pyridine rings is 1. The van der Waals surface area contributed by atoms with Crippen molar-refractivity contribution in [3.8, 4) is 5.69 Å². The van der Waals surface area contributed by atoms with Gasteiger partial charge in [0.2, 0.25) is 5.95 Å². The topological polar surface area (TPSA) is 56.7 Å². The summed E-state index contributed by atoms with van der Waals surface area (Å²) in [6, 6.07) is 2.96. The first-order chi connectivity index (χ1) is 7.59. The van der Waals surface area contributed by atoms with E-state index < -0.39 is 5.95 Å². The summed E-state index contributed by atoms with van der Waals surface area (Å²) in [6.07, 6.45) is 3.10. The van der Waals surface area contributed by atoms with E-state index in [1.54, 1.807) is 12.3 Å². The molecule has 0 fully saturated rings. The largest absolute Gasteiger partial charge is 0.383 e. The fraction of sp³-hybridized carbons (Fsp3) is 0.273. The Morgan fingerprint density at radius 1 is 1.44 bits per heavy atom. The highest BCUT2D eigenvalue weighted by Crippen LogP contribution is 2.23. The third-order valence-electron chi connectivity index (χ3n) is 2.41. The van der Waals surface area contributed by atoms with E-state index in [1.165, 1.54) is 16.9 Å². The van der Waals surface area contributed by atoms with Gasteiger partial charge in [0, 0.05) is 17.8 Å². The molecule has 5 heteroatoms. The summed E-state index contributed by atoms with van der Waals surface area (Å²) >= 11 is 0. The second-order valence-electron chi connectivity index (χ2n) is 3.89. The van der Waals surface area contributed by atoms with Crippen LogP contribution in [0.15, 0.2) is 24.5 Å². The van der Waals surface area contributed by atoms with Gasteiger partial charge in [0.25, 0.3) is 0 Å². The molecule has 0 amide bonds. The Labute approximate surface area is 92.9 Å². The molecule has 0 aliphatic carbocycles. The molecule has 0 radical (unpaired) electrons. The van der Waals surface area contributed by atoms with Crippen molar-refractivity contribution in [1.29, 1.82) is 0 Å². The first-order valence-corrected chi connectivity index (χ1v) is 5.05. The van der Waals surface area contributed by atoms with Crippen LogP contribution in [-0.4, -0.2) is 14.8 Å². The summed E-state index contributed by atoms with van der Waals surface area (Å²) in [5.41, 5.74) is 7.48. The lowest BCUT2D eigenvalue weighted by Gasteiger charge is -2.06. The average molecular weight is 220 g/mol. The summed E-state index contributed by atoms with van der Waals surface area (Å²) in [5, 5.41) is 4.15. The first kappa shape index (κ1) is 10.6. The van der Waals surface area contributed by atoms with Crippen LogP contribution in [0.2, 0.25) is 0 Å². The molecule has 2 aromatic heterocycles. The standard InChI is InChI=1S/C11H13FN4/c1-7(2)9-6-15-16(11(9)13)8-3-4-14-10(12)5-8/h3-7H,13H2,1-2H3. The quantitative estimate of drug-likeness (QED) is 0.788. The number of halogens is 1. The summed E-state index contributed by atoms with van der Waals surface area (Å²) in [6.45, 7) is 4.07. The van der Waals surface area contributed by atoms with Gasteiger partial charge in [-0.15, -0.1) is 0 Å². The summed E-state index contributed by atoms with van der Waals surface area (Å²) in [7, 11) is 0. The van der Waals surface area contributed by atoms with E-state index in [4.69, 9.17) is 5.73 Å². The summed E-state index contributed by atoms with van der Waals surface area (Å²) in [4.78, 5) is 3.49. The third kappa shape index (κ3) is 1.76. The maximum absolute atomic E-state index is 13.0. The third-order valence-corrected chi connectivity index (χ3v) is 2.41. The van der Waals surface area contributed by atoms with Crippen molar-refractivity contribution in [2.75, 3.05) is 5.73 Å². The van der Waals surface area contributed by atoms with Crippen LogP contribution in [-0.2, 0) is 0 Å². The predicted molar refractivity (Wildman–Crippen MR) is 59.8 cm³/mol. The van der Waals surface area contributed by atoms with Crippen LogP contribution in [0, 0.1) is 5.95 Å². The number of nitrogens with two attached hydrogens (primary N) is 1. The normalized spacial score (nSPS) is 11.0. The molecule has 0 spiro atoms. The number of nitrogens with zero attached hydrogens (tertiary/aromatic N) is 3. The molecule has 0 atom stereocenters. The predicted octanol–water partition coefficient (Wildman–Crippen LogP) is 2.11. The number of rotatable bonds is 2. The molecular formula is C11H13FN4. The van der Waals surface area contributed by atoms with Crippen LogP contribution in [0.4, 0.5) is 10.2 Å². The lowest BCUT2D eigenvalue weighted by Crippen LogP contribution is -2.04. The van der Waals surface area contributed by atoms with Crippen molar-refractivity contribution in [1.82, 2.24) is 14.8 Å². The van der Waals surface area contributed by atoms with E-state index >= 15 is 0 Å². The Morgan fingerprint density at radius 2 is 2.19 bits per heavy atom. The number of hydrogen-bond acceptors (Lipinski definition) is 3. The molecule has 16 heavy (non-hydrogen) atoms. The van der Waals surface area contributed by atoms with Crippen LogP contribution in [0.3, 0.4) is 0 Å². The van der Waals surface area contributed by atoms with Crippen molar-refractivity contribution >= 4 is 5.82 Å². The highest BCUT2D eigenvalue weighted by molar-refractivity contribution is 5.47. The molecule has 0 aliphatic rings. The van der Waals surface area contributed by atoms with Gasteiger partial charge in [0.05, 0.1) is 11.9 Å². The number of hydrogen-bond donors (Lipinski definition) is 1. The van der Waals surface area contributed by atoms with Gasteiger partial charge in [-0.3, -0.25) is 0 Å². The zero-order chi connectivity index (χ0) is 11.7. The highest BCUT2D eigenvalue weighted by Gasteiger charge is 2.12. The van der Waals surface area contributed by atoms with Crippen LogP contribution < -0.4 is 5.73 Å². The second kappa shape index (κ2) is 3.92. The molecule has 2 aromatic rings. The average Bonchev–Trinajstić information content (AvgIpc) is 2.60. The molecule has 0 aromatic carbocycles. The van der Waals surface area contributed by atoms with Crippen molar-refractivity contribution < 1.29 is 4.39 Å². The molecular weight excluding hydrogens is 207 g/mol. The van der Waals surface area contributed by atoms with Crippen molar-refractivity contribution in [3.05, 3.63) is 36.0 Å². The summed E-state index contributed by atoms with van der Waals surface area (Å²) < 4.78 is 14.5. The van der Waals surface area contributed by atoms with Gasteiger partial charge >= 0.3 is 0 Å². The SMILES string of the molecule is CC(C)c1cnn(-c2ccnc(F)c2)c1N. The molecule has 84 valence electrons. The van der Waals surface area contributed by atoms with E-state index in [0.29, 0.717) is 17.4 Å². The lowest BCUT2D eigenvalue weighted by atomic mass is 10.1. The van der Waals surface area contributed by atoms with Crippen LogP contribution in [0.5, 0.6) is 0 Å². The molecule has 0 saturated carbocycles.